The zero-order valence-electron chi connectivity index (χ0n) is 14.0. The van der Waals surface area contributed by atoms with Crippen molar-refractivity contribution in [2.24, 2.45) is 0 Å². The first-order chi connectivity index (χ1) is 11.7. The molecule has 0 spiro atoms. The second-order valence-electron chi connectivity index (χ2n) is 5.65. The van der Waals surface area contributed by atoms with Crippen LogP contribution in [0.5, 0.6) is 5.75 Å². The summed E-state index contributed by atoms with van der Waals surface area (Å²) >= 11 is 1.49. The van der Waals surface area contributed by atoms with Gasteiger partial charge in [-0.2, -0.15) is 0 Å². The van der Waals surface area contributed by atoms with Crippen molar-refractivity contribution in [3.63, 3.8) is 0 Å². The van der Waals surface area contributed by atoms with Crippen molar-refractivity contribution in [2.45, 2.75) is 26.4 Å². The predicted octanol–water partition coefficient (Wildman–Crippen LogP) is 3.46. The van der Waals surface area contributed by atoms with Gasteiger partial charge < -0.3 is 14.4 Å². The first-order valence-corrected chi connectivity index (χ1v) is 9.18. The second-order valence-corrected chi connectivity index (χ2v) is 6.51. The molecule has 1 aliphatic rings. The van der Waals surface area contributed by atoms with Gasteiger partial charge in [0.1, 0.15) is 16.5 Å². The lowest BCUT2D eigenvalue weighted by Crippen LogP contribution is -2.45. The molecule has 1 aliphatic heterocycles. The molecular formula is C18H22N2O3S. The van der Waals surface area contributed by atoms with Gasteiger partial charge in [0.2, 0.25) is 0 Å². The smallest absolute Gasteiger partial charge is 0.273 e. The highest BCUT2D eigenvalue weighted by molar-refractivity contribution is 7.13. The Balaban J connectivity index is 1.71. The molecule has 5 nitrogen and oxygen atoms in total. The average molecular weight is 346 g/mol. The number of hydrogen-bond donors (Lipinski definition) is 0. The van der Waals surface area contributed by atoms with Gasteiger partial charge in [-0.05, 0) is 37.6 Å². The summed E-state index contributed by atoms with van der Waals surface area (Å²) in [6.45, 7) is 6.55. The Hall–Kier alpha value is -1.92. The van der Waals surface area contributed by atoms with Gasteiger partial charge in [0.25, 0.3) is 5.91 Å². The van der Waals surface area contributed by atoms with Crippen LogP contribution < -0.4 is 4.74 Å². The lowest BCUT2D eigenvalue weighted by molar-refractivity contribution is -0.0227. The summed E-state index contributed by atoms with van der Waals surface area (Å²) in [6, 6.07) is 7.80. The molecular weight excluding hydrogens is 324 g/mol. The molecule has 6 heteroatoms. The average Bonchev–Trinajstić information content (AvgIpc) is 3.12. The molecule has 1 saturated heterocycles. The van der Waals surface area contributed by atoms with E-state index in [1.165, 1.54) is 11.3 Å². The van der Waals surface area contributed by atoms with Gasteiger partial charge in [0.05, 0.1) is 19.3 Å². The van der Waals surface area contributed by atoms with Gasteiger partial charge >= 0.3 is 0 Å². The summed E-state index contributed by atoms with van der Waals surface area (Å²) in [5.41, 5.74) is 1.51. The summed E-state index contributed by atoms with van der Waals surface area (Å²) in [7, 11) is 0. The maximum Gasteiger partial charge on any atom is 0.273 e. The van der Waals surface area contributed by atoms with Crippen LogP contribution >= 0.6 is 11.3 Å². The van der Waals surface area contributed by atoms with Crippen molar-refractivity contribution in [1.82, 2.24) is 9.88 Å². The zero-order chi connectivity index (χ0) is 16.9. The number of hydrogen-bond acceptors (Lipinski definition) is 5. The number of benzene rings is 1. The standard InChI is InChI=1S/C18H22N2O3S/c1-3-14-11-20(9-10-23-14)18(21)16-12-24-17(19-16)13-5-7-15(8-6-13)22-4-2/h5-8,12,14H,3-4,9-11H2,1-2H3/t14-/m1/s1. The van der Waals surface area contributed by atoms with Gasteiger partial charge in [-0.1, -0.05) is 6.92 Å². The van der Waals surface area contributed by atoms with E-state index in [0.717, 1.165) is 22.7 Å². The fourth-order valence-electron chi connectivity index (χ4n) is 2.68. The van der Waals surface area contributed by atoms with Gasteiger partial charge in [-0.15, -0.1) is 11.3 Å². The molecule has 24 heavy (non-hydrogen) atoms. The molecule has 0 bridgehead atoms. The minimum absolute atomic E-state index is 0.00909. The molecule has 1 aromatic carbocycles. The van der Waals surface area contributed by atoms with E-state index in [9.17, 15) is 4.79 Å². The Labute approximate surface area is 146 Å². The Bertz CT molecular complexity index is 684. The number of thiazole rings is 1. The Morgan fingerprint density at radius 2 is 2.17 bits per heavy atom. The van der Waals surface area contributed by atoms with Crippen LogP contribution in [0.3, 0.4) is 0 Å². The normalized spacial score (nSPS) is 17.8. The van der Waals surface area contributed by atoms with Crippen LogP contribution in [-0.2, 0) is 4.74 Å². The molecule has 1 fully saturated rings. The lowest BCUT2D eigenvalue weighted by atomic mass is 10.2. The largest absolute Gasteiger partial charge is 0.494 e. The molecule has 1 atom stereocenters. The number of aromatic nitrogens is 1. The molecule has 0 saturated carbocycles. The second kappa shape index (κ2) is 7.77. The lowest BCUT2D eigenvalue weighted by Gasteiger charge is -2.32. The number of rotatable bonds is 5. The number of amides is 1. The molecule has 2 heterocycles. The van der Waals surface area contributed by atoms with E-state index in [1.807, 2.05) is 41.5 Å². The van der Waals surface area contributed by atoms with Crippen LogP contribution in [-0.4, -0.2) is 48.2 Å². The highest BCUT2D eigenvalue weighted by Gasteiger charge is 2.25. The number of nitrogens with zero attached hydrogens (tertiary/aromatic N) is 2. The van der Waals surface area contributed by atoms with Crippen LogP contribution in [0, 0.1) is 0 Å². The summed E-state index contributed by atoms with van der Waals surface area (Å²) < 4.78 is 11.1. The van der Waals surface area contributed by atoms with E-state index in [0.29, 0.717) is 32.0 Å². The Morgan fingerprint density at radius 1 is 1.38 bits per heavy atom. The topological polar surface area (TPSA) is 51.7 Å². The Morgan fingerprint density at radius 3 is 2.88 bits per heavy atom. The molecule has 0 radical (unpaired) electrons. The molecule has 0 aliphatic carbocycles. The molecule has 1 aromatic heterocycles. The highest BCUT2D eigenvalue weighted by Crippen LogP contribution is 2.26. The first-order valence-electron chi connectivity index (χ1n) is 8.31. The first kappa shape index (κ1) is 16.9. The maximum atomic E-state index is 12.6. The SMILES string of the molecule is CCOc1ccc(-c2nc(C(=O)N3CCO[C@H](CC)C3)cs2)cc1. The van der Waals surface area contributed by atoms with Crippen LogP contribution in [0.15, 0.2) is 29.6 Å². The van der Waals surface area contributed by atoms with Crippen LogP contribution in [0.4, 0.5) is 0 Å². The van der Waals surface area contributed by atoms with Crippen molar-refractivity contribution >= 4 is 17.2 Å². The van der Waals surface area contributed by atoms with E-state index in [1.54, 1.807) is 0 Å². The molecule has 0 N–H and O–H groups in total. The molecule has 1 amide bonds. The van der Waals surface area contributed by atoms with E-state index < -0.39 is 0 Å². The molecule has 2 aromatic rings. The van der Waals surface area contributed by atoms with Crippen molar-refractivity contribution in [1.29, 1.82) is 0 Å². The molecule has 128 valence electrons. The van der Waals surface area contributed by atoms with Crippen molar-refractivity contribution < 1.29 is 14.3 Å². The van der Waals surface area contributed by atoms with Gasteiger partial charge in [0.15, 0.2) is 0 Å². The number of carbonyl (C=O) groups is 1. The summed E-state index contributed by atoms with van der Waals surface area (Å²) in [4.78, 5) is 19.0. The van der Waals surface area contributed by atoms with Crippen LogP contribution in [0.2, 0.25) is 0 Å². The quantitative estimate of drug-likeness (QED) is 0.832. The highest BCUT2D eigenvalue weighted by atomic mass is 32.1. The zero-order valence-corrected chi connectivity index (χ0v) is 14.8. The number of carbonyl (C=O) groups excluding carboxylic acids is 1. The van der Waals surface area contributed by atoms with Gasteiger partial charge in [0, 0.05) is 24.0 Å². The summed E-state index contributed by atoms with van der Waals surface area (Å²) in [5, 5.41) is 2.69. The van der Waals surface area contributed by atoms with Gasteiger partial charge in [-0.3, -0.25) is 4.79 Å². The third kappa shape index (κ3) is 3.76. The minimum Gasteiger partial charge on any atom is -0.494 e. The fourth-order valence-corrected chi connectivity index (χ4v) is 3.48. The monoisotopic (exact) mass is 346 g/mol. The number of ether oxygens (including phenoxy) is 2. The fraction of sp³-hybridized carbons (Fsp3) is 0.444. The Kier molecular flexibility index (Phi) is 5.48. The minimum atomic E-state index is -0.00909. The van der Waals surface area contributed by atoms with E-state index in [-0.39, 0.29) is 12.0 Å². The van der Waals surface area contributed by atoms with E-state index in [4.69, 9.17) is 9.47 Å². The third-order valence-electron chi connectivity index (χ3n) is 4.02. The predicted molar refractivity (Wildman–Crippen MR) is 94.7 cm³/mol. The van der Waals surface area contributed by atoms with Crippen molar-refractivity contribution in [2.75, 3.05) is 26.3 Å². The van der Waals surface area contributed by atoms with E-state index in [2.05, 4.69) is 11.9 Å². The molecule has 3 rings (SSSR count). The summed E-state index contributed by atoms with van der Waals surface area (Å²) in [5.74, 6) is 0.832. The van der Waals surface area contributed by atoms with Crippen molar-refractivity contribution in [3.05, 3.63) is 35.3 Å². The maximum absolute atomic E-state index is 12.6. The van der Waals surface area contributed by atoms with Gasteiger partial charge in [-0.25, -0.2) is 4.98 Å². The van der Waals surface area contributed by atoms with Crippen LogP contribution in [0.25, 0.3) is 10.6 Å². The van der Waals surface area contributed by atoms with Crippen molar-refractivity contribution in [3.8, 4) is 16.3 Å². The number of morpholine rings is 1. The third-order valence-corrected chi connectivity index (χ3v) is 4.91. The molecule has 0 unspecified atom stereocenters. The van der Waals surface area contributed by atoms with E-state index >= 15 is 0 Å². The summed E-state index contributed by atoms with van der Waals surface area (Å²) in [6.07, 6.45) is 1.05. The van der Waals surface area contributed by atoms with Crippen LogP contribution in [0.1, 0.15) is 30.8 Å².